The number of imidazole rings is 1. The van der Waals surface area contributed by atoms with Crippen LogP contribution in [0.3, 0.4) is 0 Å². The van der Waals surface area contributed by atoms with E-state index in [9.17, 15) is 4.79 Å². The molecule has 0 saturated heterocycles. The van der Waals surface area contributed by atoms with Crippen molar-refractivity contribution in [3.63, 3.8) is 0 Å². The van der Waals surface area contributed by atoms with Crippen molar-refractivity contribution in [2.75, 3.05) is 5.32 Å². The topological polar surface area (TPSA) is 101 Å². The molecule has 22 heavy (non-hydrogen) atoms. The van der Waals surface area contributed by atoms with E-state index in [2.05, 4.69) is 30.5 Å². The molecule has 10 heteroatoms. The van der Waals surface area contributed by atoms with Gasteiger partial charge >= 0.3 is 0 Å². The number of carbonyl (C=O) groups excluding carboxylic acids is 1. The number of carbonyl (C=O) groups is 1. The van der Waals surface area contributed by atoms with E-state index in [1.54, 1.807) is 12.3 Å². The summed E-state index contributed by atoms with van der Waals surface area (Å²) in [5.41, 5.74) is 0.325. The summed E-state index contributed by atoms with van der Waals surface area (Å²) in [6.45, 7) is 0. The largest absolute Gasteiger partial charge is 0.329 e. The molecular weight excluding hydrogens is 326 g/mol. The molecule has 3 rings (SSSR count). The Morgan fingerprint density at radius 1 is 1.41 bits per heavy atom. The van der Waals surface area contributed by atoms with E-state index in [1.165, 1.54) is 24.3 Å². The molecule has 3 aromatic rings. The fourth-order valence-corrected chi connectivity index (χ4v) is 2.64. The molecule has 0 aliphatic carbocycles. The van der Waals surface area contributed by atoms with Crippen LogP contribution in [0.4, 0.5) is 5.95 Å². The van der Waals surface area contributed by atoms with Crippen LogP contribution in [0.5, 0.6) is 0 Å². The van der Waals surface area contributed by atoms with E-state index in [0.29, 0.717) is 15.6 Å². The lowest BCUT2D eigenvalue weighted by molar-refractivity contribution is 0.102. The average molecular weight is 336 g/mol. The molecule has 0 saturated carbocycles. The summed E-state index contributed by atoms with van der Waals surface area (Å²) >= 11 is 7.51. The van der Waals surface area contributed by atoms with E-state index >= 15 is 0 Å². The summed E-state index contributed by atoms with van der Waals surface area (Å²) < 4.78 is 1.85. The molecule has 0 aromatic carbocycles. The zero-order valence-electron chi connectivity index (χ0n) is 11.3. The summed E-state index contributed by atoms with van der Waals surface area (Å²) in [5.74, 6) is -0.118. The van der Waals surface area contributed by atoms with Gasteiger partial charge in [0.1, 0.15) is 11.4 Å². The lowest BCUT2D eigenvalue weighted by atomic mass is 10.3. The fourth-order valence-electron chi connectivity index (χ4n) is 1.61. The second-order valence-electron chi connectivity index (χ2n) is 4.22. The zero-order chi connectivity index (χ0) is 15.5. The van der Waals surface area contributed by atoms with Crippen LogP contribution in [-0.2, 0) is 7.05 Å². The van der Waals surface area contributed by atoms with Crippen molar-refractivity contribution in [1.29, 1.82) is 0 Å². The molecule has 2 N–H and O–H groups in total. The fraction of sp³-hybridized carbons (Fsp3) is 0.0833. The summed E-state index contributed by atoms with van der Waals surface area (Å²) in [7, 11) is 1.88. The van der Waals surface area contributed by atoms with Crippen molar-refractivity contribution in [3.8, 4) is 0 Å². The van der Waals surface area contributed by atoms with E-state index in [0.717, 1.165) is 5.16 Å². The second kappa shape index (κ2) is 6.16. The van der Waals surface area contributed by atoms with Crippen LogP contribution in [0, 0.1) is 0 Å². The van der Waals surface area contributed by atoms with Crippen molar-refractivity contribution in [2.24, 2.45) is 7.05 Å². The Morgan fingerprint density at radius 3 is 2.91 bits per heavy atom. The van der Waals surface area contributed by atoms with E-state index in [-0.39, 0.29) is 11.9 Å². The van der Waals surface area contributed by atoms with Crippen LogP contribution in [0.1, 0.15) is 10.4 Å². The molecule has 0 atom stereocenters. The number of nitrogens with zero attached hydrogens (tertiary/aromatic N) is 5. The third-order valence-electron chi connectivity index (χ3n) is 2.68. The second-order valence-corrected chi connectivity index (χ2v) is 5.59. The molecule has 0 unspecified atom stereocenters. The molecule has 112 valence electrons. The van der Waals surface area contributed by atoms with Gasteiger partial charge in [-0.25, -0.2) is 15.1 Å². The first kappa shape index (κ1) is 14.5. The lowest BCUT2D eigenvalue weighted by Gasteiger charge is -2.06. The maximum atomic E-state index is 12.0. The van der Waals surface area contributed by atoms with Crippen LogP contribution < -0.4 is 5.32 Å². The van der Waals surface area contributed by atoms with Gasteiger partial charge in [0.2, 0.25) is 5.95 Å². The van der Waals surface area contributed by atoms with Gasteiger partial charge in [-0.3, -0.25) is 10.1 Å². The molecule has 0 bridgehead atoms. The molecule has 3 aromatic heterocycles. The van der Waals surface area contributed by atoms with Gasteiger partial charge in [-0.05, 0) is 17.8 Å². The predicted molar refractivity (Wildman–Crippen MR) is 80.9 cm³/mol. The van der Waals surface area contributed by atoms with Gasteiger partial charge < -0.3 is 4.57 Å². The van der Waals surface area contributed by atoms with Gasteiger partial charge in [0.15, 0.2) is 5.16 Å². The molecule has 1 amide bonds. The van der Waals surface area contributed by atoms with Crippen LogP contribution in [-0.4, -0.2) is 35.6 Å². The quantitative estimate of drug-likeness (QED) is 0.756. The van der Waals surface area contributed by atoms with Crippen molar-refractivity contribution in [3.05, 3.63) is 41.6 Å². The number of amides is 1. The van der Waals surface area contributed by atoms with Crippen LogP contribution in [0.15, 0.2) is 41.2 Å². The molecule has 3 heterocycles. The van der Waals surface area contributed by atoms with E-state index < -0.39 is 0 Å². The number of rotatable bonds is 4. The monoisotopic (exact) mass is 335 g/mol. The number of aromatic nitrogens is 6. The SMILES string of the molecule is Cn1ccnc1Sc1ncc(C(=O)Nc2ncn[nH]2)cc1Cl. The molecule has 0 radical (unpaired) electrons. The Labute approximate surface area is 134 Å². The minimum absolute atomic E-state index is 0.257. The predicted octanol–water partition coefficient (Wildman–Crippen LogP) is 1.99. The Morgan fingerprint density at radius 2 is 2.27 bits per heavy atom. The number of pyridine rings is 1. The number of hydrogen-bond acceptors (Lipinski definition) is 6. The van der Waals surface area contributed by atoms with Crippen LogP contribution in [0.2, 0.25) is 5.02 Å². The Bertz CT molecular complexity index is 802. The zero-order valence-corrected chi connectivity index (χ0v) is 12.9. The third kappa shape index (κ3) is 3.10. The minimum Gasteiger partial charge on any atom is -0.329 e. The van der Waals surface area contributed by atoms with Crippen molar-refractivity contribution >= 4 is 35.2 Å². The first-order chi connectivity index (χ1) is 10.6. The summed E-state index contributed by atoms with van der Waals surface area (Å²) in [6, 6.07) is 1.55. The Kier molecular flexibility index (Phi) is 4.07. The molecule has 0 aliphatic heterocycles. The highest BCUT2D eigenvalue weighted by Crippen LogP contribution is 2.30. The Hall–Kier alpha value is -2.39. The van der Waals surface area contributed by atoms with Gasteiger partial charge in [-0.15, -0.1) is 0 Å². The standard InChI is InChI=1S/C12H10ClN7OS/c1-20-3-2-14-12(20)22-10-8(13)4-7(5-15-10)9(21)18-11-16-6-17-19-11/h2-6H,1H3,(H2,16,17,18,19,21). The minimum atomic E-state index is -0.375. The van der Waals surface area contributed by atoms with Crippen molar-refractivity contribution in [2.45, 2.75) is 10.2 Å². The first-order valence-corrected chi connectivity index (χ1v) is 7.30. The highest BCUT2D eigenvalue weighted by atomic mass is 35.5. The maximum absolute atomic E-state index is 12.0. The van der Waals surface area contributed by atoms with Gasteiger partial charge in [-0.1, -0.05) is 11.6 Å². The number of anilines is 1. The molecule has 0 aliphatic rings. The normalized spacial score (nSPS) is 10.6. The number of H-pyrrole nitrogens is 1. The first-order valence-electron chi connectivity index (χ1n) is 6.11. The van der Waals surface area contributed by atoms with Crippen LogP contribution >= 0.6 is 23.4 Å². The molecule has 0 spiro atoms. The van der Waals surface area contributed by atoms with Crippen LogP contribution in [0.25, 0.3) is 0 Å². The highest BCUT2D eigenvalue weighted by molar-refractivity contribution is 7.99. The van der Waals surface area contributed by atoms with Gasteiger partial charge in [0.05, 0.1) is 10.6 Å². The smallest absolute Gasteiger partial charge is 0.259 e. The van der Waals surface area contributed by atoms with E-state index in [4.69, 9.17) is 11.6 Å². The molecule has 8 nitrogen and oxygen atoms in total. The Balaban J connectivity index is 1.77. The number of hydrogen-bond donors (Lipinski definition) is 2. The van der Waals surface area contributed by atoms with Crippen molar-refractivity contribution in [1.82, 2.24) is 29.7 Å². The van der Waals surface area contributed by atoms with E-state index in [1.807, 2.05) is 17.8 Å². The van der Waals surface area contributed by atoms with Gasteiger partial charge in [0, 0.05) is 25.6 Å². The summed E-state index contributed by atoms with van der Waals surface area (Å²) in [4.78, 5) is 24.2. The lowest BCUT2D eigenvalue weighted by Crippen LogP contribution is -2.13. The average Bonchev–Trinajstić information content (AvgIpc) is 3.13. The highest BCUT2D eigenvalue weighted by Gasteiger charge is 2.13. The third-order valence-corrected chi connectivity index (χ3v) is 4.18. The van der Waals surface area contributed by atoms with Gasteiger partial charge in [-0.2, -0.15) is 10.1 Å². The molecule has 0 fully saturated rings. The maximum Gasteiger partial charge on any atom is 0.259 e. The molecular formula is C12H10ClN7OS. The van der Waals surface area contributed by atoms with Crippen molar-refractivity contribution < 1.29 is 4.79 Å². The van der Waals surface area contributed by atoms with Gasteiger partial charge in [0.25, 0.3) is 5.91 Å². The summed E-state index contributed by atoms with van der Waals surface area (Å²) in [5, 5.41) is 10.4. The number of halogens is 1. The number of aromatic amines is 1. The summed E-state index contributed by atoms with van der Waals surface area (Å²) in [6.07, 6.45) is 6.27. The number of aryl methyl sites for hydroxylation is 1. The number of nitrogens with one attached hydrogen (secondary N) is 2.